The molecule has 3 nitrogen and oxygen atoms in total. The van der Waals surface area contributed by atoms with Crippen molar-refractivity contribution >= 4 is 6.29 Å². The van der Waals surface area contributed by atoms with Gasteiger partial charge < -0.3 is 14.4 Å². The zero-order chi connectivity index (χ0) is 11.4. The summed E-state index contributed by atoms with van der Waals surface area (Å²) in [5, 5.41) is 0. The van der Waals surface area contributed by atoms with Gasteiger partial charge in [-0.15, -0.1) is 0 Å². The van der Waals surface area contributed by atoms with Gasteiger partial charge in [0.1, 0.15) is 6.29 Å². The van der Waals surface area contributed by atoms with Gasteiger partial charge in [-0.25, -0.2) is 0 Å². The van der Waals surface area contributed by atoms with E-state index in [4.69, 9.17) is 4.74 Å². The Labute approximate surface area is 98.1 Å². The number of hydrogen-bond acceptors (Lipinski definition) is 3. The third-order valence-corrected chi connectivity index (χ3v) is 4.15. The van der Waals surface area contributed by atoms with Gasteiger partial charge in [-0.1, -0.05) is 19.3 Å². The molecule has 1 saturated heterocycles. The van der Waals surface area contributed by atoms with Crippen LogP contribution in [0.4, 0.5) is 0 Å². The minimum absolute atomic E-state index is 0.216. The molecule has 16 heavy (non-hydrogen) atoms. The van der Waals surface area contributed by atoms with Crippen LogP contribution in [0.2, 0.25) is 0 Å². The molecule has 0 N–H and O–H groups in total. The molecular formula is C13H23NO2. The summed E-state index contributed by atoms with van der Waals surface area (Å²) in [6.45, 7) is 2.24. The van der Waals surface area contributed by atoms with Crippen molar-refractivity contribution in [2.45, 2.75) is 44.6 Å². The van der Waals surface area contributed by atoms with E-state index in [2.05, 4.69) is 11.9 Å². The van der Waals surface area contributed by atoms with Gasteiger partial charge in [0.25, 0.3) is 0 Å². The molecule has 3 heteroatoms. The van der Waals surface area contributed by atoms with Gasteiger partial charge >= 0.3 is 0 Å². The molecule has 1 saturated carbocycles. The quantitative estimate of drug-likeness (QED) is 0.684. The van der Waals surface area contributed by atoms with Crippen LogP contribution in [0.5, 0.6) is 0 Å². The molecule has 0 radical (unpaired) electrons. The molecule has 1 aliphatic carbocycles. The lowest BCUT2D eigenvalue weighted by Crippen LogP contribution is -2.43. The van der Waals surface area contributed by atoms with Crippen LogP contribution < -0.4 is 0 Å². The third kappa shape index (κ3) is 2.64. The second kappa shape index (κ2) is 5.28. The largest absolute Gasteiger partial charge is 0.380 e. The van der Waals surface area contributed by atoms with E-state index in [0.29, 0.717) is 12.6 Å². The fourth-order valence-corrected chi connectivity index (χ4v) is 3.03. The number of carbonyl (C=O) groups is 1. The van der Waals surface area contributed by atoms with E-state index < -0.39 is 0 Å². The fourth-order valence-electron chi connectivity index (χ4n) is 3.03. The minimum atomic E-state index is -0.216. The van der Waals surface area contributed by atoms with Crippen molar-refractivity contribution in [1.29, 1.82) is 0 Å². The predicted octanol–water partition coefficient (Wildman–Crippen LogP) is 1.86. The Morgan fingerprint density at radius 3 is 2.69 bits per heavy atom. The van der Waals surface area contributed by atoms with Crippen molar-refractivity contribution < 1.29 is 9.53 Å². The van der Waals surface area contributed by atoms with Crippen LogP contribution in [-0.4, -0.2) is 44.0 Å². The highest BCUT2D eigenvalue weighted by Gasteiger charge is 2.37. The van der Waals surface area contributed by atoms with E-state index in [0.717, 1.165) is 25.9 Å². The lowest BCUT2D eigenvalue weighted by atomic mass is 9.86. The van der Waals surface area contributed by atoms with Crippen LogP contribution in [0.25, 0.3) is 0 Å². The van der Waals surface area contributed by atoms with E-state index >= 15 is 0 Å². The number of nitrogens with zero attached hydrogens (tertiary/aromatic N) is 1. The first-order chi connectivity index (χ1) is 7.76. The van der Waals surface area contributed by atoms with Gasteiger partial charge in [0.15, 0.2) is 0 Å². The van der Waals surface area contributed by atoms with Gasteiger partial charge in [0.05, 0.1) is 12.0 Å². The van der Waals surface area contributed by atoms with E-state index in [9.17, 15) is 4.79 Å². The van der Waals surface area contributed by atoms with Crippen molar-refractivity contribution in [3.63, 3.8) is 0 Å². The van der Waals surface area contributed by atoms with E-state index in [1.165, 1.54) is 32.1 Å². The maximum Gasteiger partial charge on any atom is 0.129 e. The Morgan fingerprint density at radius 2 is 2.12 bits per heavy atom. The molecule has 0 aromatic carbocycles. The first-order valence-electron chi connectivity index (χ1n) is 6.50. The number of ether oxygens (including phenoxy) is 1. The van der Waals surface area contributed by atoms with Crippen LogP contribution in [0, 0.1) is 5.41 Å². The minimum Gasteiger partial charge on any atom is -0.380 e. The Balaban J connectivity index is 1.89. The van der Waals surface area contributed by atoms with Crippen molar-refractivity contribution in [2.24, 2.45) is 5.41 Å². The highest BCUT2D eigenvalue weighted by atomic mass is 16.5. The molecule has 92 valence electrons. The van der Waals surface area contributed by atoms with Crippen molar-refractivity contribution in [3.8, 4) is 0 Å². The lowest BCUT2D eigenvalue weighted by Gasteiger charge is -2.35. The zero-order valence-corrected chi connectivity index (χ0v) is 10.3. The smallest absolute Gasteiger partial charge is 0.129 e. The van der Waals surface area contributed by atoms with Gasteiger partial charge in [-0.3, -0.25) is 0 Å². The summed E-state index contributed by atoms with van der Waals surface area (Å²) in [4.78, 5) is 13.6. The van der Waals surface area contributed by atoms with Gasteiger partial charge in [-0.05, 0) is 26.3 Å². The SMILES string of the molecule is CN(CC1(C=O)CCOC1)C1CCCCC1. The summed E-state index contributed by atoms with van der Waals surface area (Å²) < 4.78 is 5.38. The first kappa shape index (κ1) is 12.1. The van der Waals surface area contributed by atoms with E-state index in [-0.39, 0.29) is 5.41 Å². The molecule has 1 atom stereocenters. The first-order valence-corrected chi connectivity index (χ1v) is 6.50. The standard InChI is InChI=1S/C13H23NO2/c1-14(12-5-3-2-4-6-12)9-13(10-15)7-8-16-11-13/h10,12H,2-9,11H2,1H3. The lowest BCUT2D eigenvalue weighted by molar-refractivity contribution is -0.117. The van der Waals surface area contributed by atoms with Crippen LogP contribution in [0.3, 0.4) is 0 Å². The summed E-state index contributed by atoms with van der Waals surface area (Å²) >= 11 is 0. The topological polar surface area (TPSA) is 29.5 Å². The summed E-state index contributed by atoms with van der Waals surface area (Å²) in [6, 6.07) is 0.686. The normalized spacial score (nSPS) is 32.1. The maximum atomic E-state index is 11.2. The highest BCUT2D eigenvalue weighted by Crippen LogP contribution is 2.30. The summed E-state index contributed by atoms with van der Waals surface area (Å²) in [5.41, 5.74) is -0.216. The molecule has 0 spiro atoms. The zero-order valence-electron chi connectivity index (χ0n) is 10.3. The molecule has 2 aliphatic rings. The Kier molecular flexibility index (Phi) is 3.98. The average Bonchev–Trinajstić information content (AvgIpc) is 2.79. The summed E-state index contributed by atoms with van der Waals surface area (Å²) in [6.07, 6.45) is 8.69. The number of rotatable bonds is 4. The molecule has 0 amide bonds. The van der Waals surface area contributed by atoms with Crippen molar-refractivity contribution in [1.82, 2.24) is 4.90 Å². The van der Waals surface area contributed by atoms with Gasteiger partial charge in [0.2, 0.25) is 0 Å². The Hall–Kier alpha value is -0.410. The maximum absolute atomic E-state index is 11.2. The molecule has 1 heterocycles. The number of carbonyl (C=O) groups excluding carboxylic acids is 1. The monoisotopic (exact) mass is 225 g/mol. The average molecular weight is 225 g/mol. The molecule has 0 aromatic heterocycles. The van der Waals surface area contributed by atoms with Crippen LogP contribution in [0.15, 0.2) is 0 Å². The molecule has 1 aliphatic heterocycles. The molecule has 2 fully saturated rings. The second-order valence-electron chi connectivity index (χ2n) is 5.49. The Bertz CT molecular complexity index is 230. The molecule has 2 rings (SSSR count). The summed E-state index contributed by atoms with van der Waals surface area (Å²) in [5.74, 6) is 0. The van der Waals surface area contributed by atoms with Gasteiger partial charge in [0, 0.05) is 19.2 Å². The highest BCUT2D eigenvalue weighted by molar-refractivity contribution is 5.60. The van der Waals surface area contributed by atoms with Crippen LogP contribution >= 0.6 is 0 Å². The van der Waals surface area contributed by atoms with Crippen molar-refractivity contribution in [2.75, 3.05) is 26.8 Å². The molecule has 1 unspecified atom stereocenters. The third-order valence-electron chi connectivity index (χ3n) is 4.15. The van der Waals surface area contributed by atoms with Crippen LogP contribution in [-0.2, 0) is 9.53 Å². The number of aldehydes is 1. The molecular weight excluding hydrogens is 202 g/mol. The second-order valence-corrected chi connectivity index (χ2v) is 5.49. The summed E-state index contributed by atoms with van der Waals surface area (Å²) in [7, 11) is 2.17. The molecule has 0 bridgehead atoms. The van der Waals surface area contributed by atoms with E-state index in [1.807, 2.05) is 0 Å². The number of hydrogen-bond donors (Lipinski definition) is 0. The van der Waals surface area contributed by atoms with Crippen LogP contribution in [0.1, 0.15) is 38.5 Å². The van der Waals surface area contributed by atoms with E-state index in [1.54, 1.807) is 0 Å². The Morgan fingerprint density at radius 1 is 1.38 bits per heavy atom. The predicted molar refractivity (Wildman–Crippen MR) is 63.4 cm³/mol. The molecule has 0 aromatic rings. The fraction of sp³-hybridized carbons (Fsp3) is 0.923. The van der Waals surface area contributed by atoms with Crippen molar-refractivity contribution in [3.05, 3.63) is 0 Å². The van der Waals surface area contributed by atoms with Gasteiger partial charge in [-0.2, -0.15) is 0 Å².